The molecule has 0 spiro atoms. The average Bonchev–Trinajstić information content (AvgIpc) is 3.06. The van der Waals surface area contributed by atoms with Crippen molar-refractivity contribution >= 4 is 6.09 Å². The van der Waals surface area contributed by atoms with Gasteiger partial charge in [-0.3, -0.25) is 14.6 Å². The van der Waals surface area contributed by atoms with Crippen molar-refractivity contribution in [3.63, 3.8) is 0 Å². The molecule has 0 aliphatic rings. The molecule has 0 aliphatic carbocycles. The van der Waals surface area contributed by atoms with Crippen molar-refractivity contribution in [2.24, 2.45) is 7.05 Å². The van der Waals surface area contributed by atoms with E-state index in [1.54, 1.807) is 41.7 Å². The molecule has 0 bridgehead atoms. The maximum atomic E-state index is 11.8. The Labute approximate surface area is 139 Å². The van der Waals surface area contributed by atoms with Crippen molar-refractivity contribution in [2.45, 2.75) is 13.2 Å². The van der Waals surface area contributed by atoms with Gasteiger partial charge in [-0.25, -0.2) is 4.79 Å². The van der Waals surface area contributed by atoms with E-state index < -0.39 is 6.09 Å². The second kappa shape index (κ2) is 7.36. The number of ether oxygens (including phenoxy) is 1. The summed E-state index contributed by atoms with van der Waals surface area (Å²) < 4.78 is 6.88. The Balaban J connectivity index is 1.54. The largest absolute Gasteiger partial charge is 0.445 e. The van der Waals surface area contributed by atoms with Gasteiger partial charge in [0.2, 0.25) is 0 Å². The van der Waals surface area contributed by atoms with Crippen molar-refractivity contribution in [3.05, 3.63) is 66.5 Å². The quantitative estimate of drug-likeness (QED) is 0.779. The lowest BCUT2D eigenvalue weighted by atomic mass is 10.1. The van der Waals surface area contributed by atoms with Gasteiger partial charge in [0.15, 0.2) is 0 Å². The molecule has 0 unspecified atom stereocenters. The van der Waals surface area contributed by atoms with E-state index in [4.69, 9.17) is 4.74 Å². The average molecular weight is 323 g/mol. The molecule has 0 aliphatic heterocycles. The minimum absolute atomic E-state index is 0.188. The lowest BCUT2D eigenvalue weighted by molar-refractivity contribution is 0.139. The van der Waals surface area contributed by atoms with Crippen LogP contribution in [0.2, 0.25) is 0 Å². The Morgan fingerprint density at radius 3 is 2.79 bits per heavy atom. The van der Waals surface area contributed by atoms with Crippen LogP contribution in [0.5, 0.6) is 0 Å². The van der Waals surface area contributed by atoms with Crippen LogP contribution in [0.1, 0.15) is 11.1 Å². The highest BCUT2D eigenvalue weighted by Crippen LogP contribution is 2.18. The molecule has 24 heavy (non-hydrogen) atoms. The first kappa shape index (κ1) is 15.7. The van der Waals surface area contributed by atoms with Crippen molar-refractivity contribution in [2.75, 3.05) is 0 Å². The standard InChI is InChI=1S/C17H17N5O2/c1-22-11-16(10-21-22)15-5-14(7-19-9-15)8-20-17(23)24-12-13-3-2-4-18-6-13/h2-7,9-11H,8,12H2,1H3,(H,20,23). The van der Waals surface area contributed by atoms with E-state index >= 15 is 0 Å². The molecule has 1 amide bonds. The highest BCUT2D eigenvalue weighted by Gasteiger charge is 2.05. The van der Waals surface area contributed by atoms with E-state index in [1.165, 1.54) is 0 Å². The molecule has 1 N–H and O–H groups in total. The molecule has 0 saturated carbocycles. The third kappa shape index (κ3) is 4.16. The van der Waals surface area contributed by atoms with Crippen molar-refractivity contribution < 1.29 is 9.53 Å². The Morgan fingerprint density at radius 2 is 2.04 bits per heavy atom. The second-order valence-corrected chi connectivity index (χ2v) is 5.28. The molecule has 3 rings (SSSR count). The number of hydrogen-bond acceptors (Lipinski definition) is 5. The molecule has 122 valence electrons. The normalized spacial score (nSPS) is 10.4. The minimum Gasteiger partial charge on any atom is -0.445 e. The Bertz CT molecular complexity index is 817. The summed E-state index contributed by atoms with van der Waals surface area (Å²) in [6, 6.07) is 5.61. The van der Waals surface area contributed by atoms with Gasteiger partial charge in [-0.05, 0) is 17.7 Å². The molecule has 0 radical (unpaired) electrons. The predicted octanol–water partition coefficient (Wildman–Crippen LogP) is 2.30. The molecule has 0 fully saturated rings. The van der Waals surface area contributed by atoms with Crippen LogP contribution in [0.25, 0.3) is 11.1 Å². The van der Waals surface area contributed by atoms with E-state index in [0.29, 0.717) is 6.54 Å². The lowest BCUT2D eigenvalue weighted by Crippen LogP contribution is -2.23. The van der Waals surface area contributed by atoms with Gasteiger partial charge in [0.1, 0.15) is 6.61 Å². The first-order valence-electron chi connectivity index (χ1n) is 7.43. The summed E-state index contributed by atoms with van der Waals surface area (Å²) in [5, 5.41) is 6.85. The highest BCUT2D eigenvalue weighted by molar-refractivity contribution is 5.67. The van der Waals surface area contributed by atoms with Crippen LogP contribution >= 0.6 is 0 Å². The lowest BCUT2D eigenvalue weighted by Gasteiger charge is -2.07. The summed E-state index contributed by atoms with van der Waals surface area (Å²) in [6.07, 6.45) is 10.0. The topological polar surface area (TPSA) is 81.9 Å². The summed E-state index contributed by atoms with van der Waals surface area (Å²) in [7, 11) is 1.86. The van der Waals surface area contributed by atoms with Gasteiger partial charge in [-0.15, -0.1) is 0 Å². The molecule has 0 saturated heterocycles. The van der Waals surface area contributed by atoms with Crippen LogP contribution in [-0.2, 0) is 24.9 Å². The summed E-state index contributed by atoms with van der Waals surface area (Å²) in [5.41, 5.74) is 3.65. The maximum Gasteiger partial charge on any atom is 0.407 e. The van der Waals surface area contributed by atoms with Crippen molar-refractivity contribution in [3.8, 4) is 11.1 Å². The maximum absolute atomic E-state index is 11.8. The molecular weight excluding hydrogens is 306 g/mol. The summed E-state index contributed by atoms with van der Waals surface area (Å²) in [6.45, 7) is 0.528. The number of aromatic nitrogens is 4. The Morgan fingerprint density at radius 1 is 1.17 bits per heavy atom. The molecule has 3 heterocycles. The molecule has 7 heteroatoms. The number of nitrogens with zero attached hydrogens (tertiary/aromatic N) is 4. The SMILES string of the molecule is Cn1cc(-c2cncc(CNC(=O)OCc3cccnc3)c2)cn1. The van der Waals surface area contributed by atoms with Crippen molar-refractivity contribution in [1.29, 1.82) is 0 Å². The third-order valence-corrected chi connectivity index (χ3v) is 3.36. The molecule has 0 atom stereocenters. The molecule has 0 aromatic carbocycles. The number of rotatable bonds is 5. The summed E-state index contributed by atoms with van der Waals surface area (Å²) >= 11 is 0. The van der Waals surface area contributed by atoms with E-state index in [1.807, 2.05) is 25.4 Å². The number of alkyl carbamates (subject to hydrolysis) is 1. The number of aryl methyl sites for hydroxylation is 1. The van der Waals surface area contributed by atoms with E-state index in [2.05, 4.69) is 20.4 Å². The number of carbonyl (C=O) groups is 1. The van der Waals surface area contributed by atoms with Gasteiger partial charge < -0.3 is 10.1 Å². The van der Waals surface area contributed by atoms with E-state index in [0.717, 1.165) is 22.3 Å². The van der Waals surface area contributed by atoms with Crippen LogP contribution in [-0.4, -0.2) is 25.8 Å². The van der Waals surface area contributed by atoms with E-state index in [-0.39, 0.29) is 6.61 Å². The molecule has 7 nitrogen and oxygen atoms in total. The fourth-order valence-electron chi connectivity index (χ4n) is 2.17. The first-order valence-corrected chi connectivity index (χ1v) is 7.43. The van der Waals surface area contributed by atoms with Crippen LogP contribution in [0, 0.1) is 0 Å². The first-order chi connectivity index (χ1) is 11.7. The fourth-order valence-corrected chi connectivity index (χ4v) is 2.17. The number of hydrogen-bond donors (Lipinski definition) is 1. The van der Waals surface area contributed by atoms with Crippen LogP contribution in [0.15, 0.2) is 55.4 Å². The number of nitrogens with one attached hydrogen (secondary N) is 1. The zero-order valence-corrected chi connectivity index (χ0v) is 13.2. The summed E-state index contributed by atoms with van der Waals surface area (Å²) in [4.78, 5) is 19.9. The zero-order valence-electron chi connectivity index (χ0n) is 13.2. The number of pyridine rings is 2. The predicted molar refractivity (Wildman–Crippen MR) is 87.7 cm³/mol. The molecular formula is C17H17N5O2. The monoisotopic (exact) mass is 323 g/mol. The Kier molecular flexibility index (Phi) is 4.81. The van der Waals surface area contributed by atoms with Crippen LogP contribution in [0.3, 0.4) is 0 Å². The second-order valence-electron chi connectivity index (χ2n) is 5.28. The molecule has 3 aromatic rings. The van der Waals surface area contributed by atoms with Crippen LogP contribution in [0.4, 0.5) is 4.79 Å². The smallest absolute Gasteiger partial charge is 0.407 e. The number of amides is 1. The van der Waals surface area contributed by atoms with Gasteiger partial charge in [0, 0.05) is 61.3 Å². The van der Waals surface area contributed by atoms with Crippen LogP contribution < -0.4 is 5.32 Å². The number of carbonyl (C=O) groups excluding carboxylic acids is 1. The minimum atomic E-state index is -0.481. The van der Waals surface area contributed by atoms with E-state index in [9.17, 15) is 4.79 Å². The highest BCUT2D eigenvalue weighted by atomic mass is 16.5. The van der Waals surface area contributed by atoms with Gasteiger partial charge in [-0.2, -0.15) is 5.10 Å². The van der Waals surface area contributed by atoms with Gasteiger partial charge >= 0.3 is 6.09 Å². The van der Waals surface area contributed by atoms with Crippen molar-refractivity contribution in [1.82, 2.24) is 25.1 Å². The fraction of sp³-hybridized carbons (Fsp3) is 0.176. The van der Waals surface area contributed by atoms with Gasteiger partial charge in [0.05, 0.1) is 6.20 Å². The third-order valence-electron chi connectivity index (χ3n) is 3.36. The van der Waals surface area contributed by atoms with Gasteiger partial charge in [-0.1, -0.05) is 6.07 Å². The van der Waals surface area contributed by atoms with Gasteiger partial charge in [0.25, 0.3) is 0 Å². The zero-order chi connectivity index (χ0) is 16.8. The Hall–Kier alpha value is -3.22. The molecule has 3 aromatic heterocycles. The summed E-state index contributed by atoms with van der Waals surface area (Å²) in [5.74, 6) is 0.